The van der Waals surface area contributed by atoms with E-state index in [0.29, 0.717) is 43.5 Å². The van der Waals surface area contributed by atoms with Gasteiger partial charge in [0.15, 0.2) is 0 Å². The predicted octanol–water partition coefficient (Wildman–Crippen LogP) is 4.82. The molecule has 1 amide bonds. The van der Waals surface area contributed by atoms with Crippen molar-refractivity contribution in [3.63, 3.8) is 0 Å². The molecule has 174 valence electrons. The van der Waals surface area contributed by atoms with Gasteiger partial charge >= 0.3 is 0 Å². The Morgan fingerprint density at radius 2 is 1.81 bits per heavy atom. The van der Waals surface area contributed by atoms with Crippen LogP contribution in [0.1, 0.15) is 52.0 Å². The molecule has 0 aliphatic carbocycles. The highest BCUT2D eigenvalue weighted by atomic mass is 19.1. The van der Waals surface area contributed by atoms with E-state index in [1.165, 1.54) is 17.7 Å². The lowest BCUT2D eigenvalue weighted by atomic mass is 9.81. The largest absolute Gasteiger partial charge is 0.486 e. The summed E-state index contributed by atoms with van der Waals surface area (Å²) in [5, 5.41) is 14.3. The predicted molar refractivity (Wildman–Crippen MR) is 125 cm³/mol. The van der Waals surface area contributed by atoms with E-state index in [1.54, 1.807) is 12.1 Å². The molecule has 2 aromatic rings. The van der Waals surface area contributed by atoms with Gasteiger partial charge in [-0.15, -0.1) is 0 Å². The Morgan fingerprint density at radius 1 is 1.16 bits per heavy atom. The smallest absolute Gasteiger partial charge is 0.238 e. The number of amides is 1. The lowest BCUT2D eigenvalue weighted by Crippen LogP contribution is -2.59. The number of ether oxygens (including phenoxy) is 1. The van der Waals surface area contributed by atoms with Crippen LogP contribution in [-0.2, 0) is 4.79 Å². The third-order valence-corrected chi connectivity index (χ3v) is 5.97. The first kappa shape index (κ1) is 24.2. The Balaban J connectivity index is 1.64. The van der Waals surface area contributed by atoms with Gasteiger partial charge in [-0.3, -0.25) is 9.69 Å². The fourth-order valence-electron chi connectivity index (χ4n) is 4.27. The molecule has 0 aromatic heterocycles. The fourth-order valence-corrected chi connectivity index (χ4v) is 4.27. The molecule has 32 heavy (non-hydrogen) atoms. The fraction of sp³-hybridized carbons (Fsp3) is 0.500. The van der Waals surface area contributed by atoms with Gasteiger partial charge in [0, 0.05) is 18.8 Å². The molecular formula is C26H35FN2O3. The van der Waals surface area contributed by atoms with Crippen molar-refractivity contribution in [3.8, 4) is 5.75 Å². The molecule has 1 heterocycles. The molecule has 1 saturated heterocycles. The molecule has 1 fully saturated rings. The summed E-state index contributed by atoms with van der Waals surface area (Å²) < 4.78 is 19.4. The van der Waals surface area contributed by atoms with Crippen LogP contribution >= 0.6 is 0 Å². The third kappa shape index (κ3) is 6.53. The van der Waals surface area contributed by atoms with Gasteiger partial charge in [0.25, 0.3) is 0 Å². The maximum atomic E-state index is 13.3. The number of nitrogens with zero attached hydrogens (tertiary/aromatic N) is 1. The van der Waals surface area contributed by atoms with E-state index in [2.05, 4.69) is 33.0 Å². The summed E-state index contributed by atoms with van der Waals surface area (Å²) in [6.45, 7) is 9.64. The molecule has 1 aliphatic rings. The van der Waals surface area contributed by atoms with Gasteiger partial charge in [-0.1, -0.05) is 39.8 Å². The number of benzene rings is 2. The molecule has 1 aliphatic heterocycles. The van der Waals surface area contributed by atoms with Gasteiger partial charge in [0.2, 0.25) is 5.91 Å². The minimum atomic E-state index is -0.998. The van der Waals surface area contributed by atoms with Crippen LogP contribution in [0, 0.1) is 11.7 Å². The van der Waals surface area contributed by atoms with Crippen molar-refractivity contribution in [2.24, 2.45) is 5.92 Å². The zero-order chi connectivity index (χ0) is 23.3. The molecule has 5 nitrogen and oxygen atoms in total. The van der Waals surface area contributed by atoms with Crippen molar-refractivity contribution < 1.29 is 19.0 Å². The molecule has 2 aromatic carbocycles. The Hall–Kier alpha value is -2.44. The van der Waals surface area contributed by atoms with Crippen molar-refractivity contribution in [3.05, 3.63) is 59.9 Å². The summed E-state index contributed by atoms with van der Waals surface area (Å²) >= 11 is 0. The van der Waals surface area contributed by atoms with E-state index in [4.69, 9.17) is 4.74 Å². The van der Waals surface area contributed by atoms with Crippen molar-refractivity contribution >= 4 is 11.6 Å². The second-order valence-electron chi connectivity index (χ2n) is 9.57. The average molecular weight is 443 g/mol. The lowest BCUT2D eigenvalue weighted by Gasteiger charge is -2.45. The molecule has 0 radical (unpaired) electrons. The van der Waals surface area contributed by atoms with E-state index >= 15 is 0 Å². The van der Waals surface area contributed by atoms with Crippen LogP contribution in [0.15, 0.2) is 48.5 Å². The van der Waals surface area contributed by atoms with Crippen LogP contribution in [-0.4, -0.2) is 47.3 Å². The van der Waals surface area contributed by atoms with Gasteiger partial charge in [-0.25, -0.2) is 4.39 Å². The SMILES string of the molecule is CC(C)C[C@]1(O)CCN(CC(=O)Nc2ccc(C(C)C)cc2)C[C@@H]1Oc1ccc(F)cc1. The summed E-state index contributed by atoms with van der Waals surface area (Å²) in [5.41, 5.74) is 0.999. The molecule has 3 rings (SSSR count). The average Bonchev–Trinajstić information content (AvgIpc) is 2.72. The number of rotatable bonds is 8. The zero-order valence-corrected chi connectivity index (χ0v) is 19.5. The summed E-state index contributed by atoms with van der Waals surface area (Å²) in [6.07, 6.45) is 0.594. The molecule has 0 saturated carbocycles. The van der Waals surface area contributed by atoms with E-state index in [-0.39, 0.29) is 18.3 Å². The van der Waals surface area contributed by atoms with Gasteiger partial charge in [0.1, 0.15) is 23.3 Å². The number of likely N-dealkylation sites (tertiary alicyclic amines) is 1. The summed E-state index contributed by atoms with van der Waals surface area (Å²) in [5.74, 6) is 0.809. The minimum Gasteiger partial charge on any atom is -0.486 e. The zero-order valence-electron chi connectivity index (χ0n) is 19.5. The van der Waals surface area contributed by atoms with E-state index in [0.717, 1.165) is 5.69 Å². The maximum absolute atomic E-state index is 13.3. The second-order valence-corrected chi connectivity index (χ2v) is 9.57. The van der Waals surface area contributed by atoms with Crippen LogP contribution in [0.3, 0.4) is 0 Å². The standard InChI is InChI=1S/C26H35FN2O3/c1-18(2)15-26(31)13-14-29(16-24(26)32-23-11-7-21(27)8-12-23)17-25(30)28-22-9-5-20(6-10-22)19(3)4/h5-12,18-19,24,31H,13-17H2,1-4H3,(H,28,30)/t24-,26+/m0/s1. The number of hydrogen-bond acceptors (Lipinski definition) is 4. The molecule has 0 spiro atoms. The van der Waals surface area contributed by atoms with Crippen LogP contribution in [0.25, 0.3) is 0 Å². The molecule has 6 heteroatoms. The number of carbonyl (C=O) groups excluding carboxylic acids is 1. The Bertz CT molecular complexity index is 883. The van der Waals surface area contributed by atoms with Crippen LogP contribution in [0.4, 0.5) is 10.1 Å². The highest BCUT2D eigenvalue weighted by Gasteiger charge is 2.43. The molecule has 2 N–H and O–H groups in total. The number of carbonyl (C=O) groups is 1. The van der Waals surface area contributed by atoms with E-state index in [1.807, 2.05) is 29.2 Å². The minimum absolute atomic E-state index is 0.0999. The van der Waals surface area contributed by atoms with Crippen molar-refractivity contribution in [2.75, 3.05) is 25.0 Å². The Labute approximate surface area is 190 Å². The van der Waals surface area contributed by atoms with E-state index < -0.39 is 11.7 Å². The van der Waals surface area contributed by atoms with Gasteiger partial charge in [0.05, 0.1) is 6.54 Å². The highest BCUT2D eigenvalue weighted by Crippen LogP contribution is 2.32. The van der Waals surface area contributed by atoms with E-state index in [9.17, 15) is 14.3 Å². The van der Waals surface area contributed by atoms with Crippen LogP contribution in [0.5, 0.6) is 5.75 Å². The molecule has 0 bridgehead atoms. The van der Waals surface area contributed by atoms with Gasteiger partial charge in [-0.2, -0.15) is 0 Å². The first-order chi connectivity index (χ1) is 15.1. The number of nitrogens with one attached hydrogen (secondary N) is 1. The molecular weight excluding hydrogens is 407 g/mol. The first-order valence-corrected chi connectivity index (χ1v) is 11.4. The van der Waals surface area contributed by atoms with Gasteiger partial charge in [-0.05, 0) is 66.6 Å². The number of aliphatic hydroxyl groups is 1. The number of halogens is 1. The lowest BCUT2D eigenvalue weighted by molar-refractivity contribution is -0.129. The summed E-state index contributed by atoms with van der Waals surface area (Å²) in [4.78, 5) is 14.6. The molecule has 0 unspecified atom stereocenters. The third-order valence-electron chi connectivity index (χ3n) is 5.97. The van der Waals surface area contributed by atoms with Crippen LogP contribution < -0.4 is 10.1 Å². The highest BCUT2D eigenvalue weighted by molar-refractivity contribution is 5.92. The van der Waals surface area contributed by atoms with Crippen molar-refractivity contribution in [1.29, 1.82) is 0 Å². The summed E-state index contributed by atoms with van der Waals surface area (Å²) in [7, 11) is 0. The van der Waals surface area contributed by atoms with Crippen molar-refractivity contribution in [1.82, 2.24) is 4.90 Å². The second kappa shape index (κ2) is 10.5. The monoisotopic (exact) mass is 442 g/mol. The number of piperidine rings is 1. The van der Waals surface area contributed by atoms with Gasteiger partial charge < -0.3 is 15.2 Å². The van der Waals surface area contributed by atoms with Crippen molar-refractivity contribution in [2.45, 2.75) is 58.2 Å². The Morgan fingerprint density at radius 3 is 2.41 bits per heavy atom. The maximum Gasteiger partial charge on any atom is 0.238 e. The normalized spacial score (nSPS) is 21.7. The first-order valence-electron chi connectivity index (χ1n) is 11.4. The summed E-state index contributed by atoms with van der Waals surface area (Å²) in [6, 6.07) is 13.7. The topological polar surface area (TPSA) is 61.8 Å². The number of hydrogen-bond donors (Lipinski definition) is 2. The number of anilines is 1. The molecule has 2 atom stereocenters. The Kier molecular flexibility index (Phi) is 7.91. The quantitative estimate of drug-likeness (QED) is 0.615. The van der Waals surface area contributed by atoms with Crippen LogP contribution in [0.2, 0.25) is 0 Å².